The van der Waals surface area contributed by atoms with Gasteiger partial charge in [0.05, 0.1) is 0 Å². The van der Waals surface area contributed by atoms with Crippen LogP contribution in [0.2, 0.25) is 0 Å². The van der Waals surface area contributed by atoms with Gasteiger partial charge in [-0.3, -0.25) is 4.98 Å². The highest BCUT2D eigenvalue weighted by Crippen LogP contribution is 2.60. The third-order valence-corrected chi connectivity index (χ3v) is 12.1. The van der Waals surface area contributed by atoms with Crippen LogP contribution in [0.3, 0.4) is 0 Å². The smallest absolute Gasteiger partial charge is 0.0495 e. The van der Waals surface area contributed by atoms with Crippen LogP contribution in [0.15, 0.2) is 103 Å². The highest BCUT2D eigenvalue weighted by molar-refractivity contribution is 7.73. The zero-order valence-corrected chi connectivity index (χ0v) is 24.7. The molecule has 0 saturated heterocycles. The Morgan fingerprint density at radius 3 is 2.08 bits per heavy atom. The Labute approximate surface area is 232 Å². The number of hydrogen-bond donors (Lipinski definition) is 0. The molecule has 198 valence electrons. The van der Waals surface area contributed by atoms with E-state index in [-0.39, 0.29) is 11.1 Å². The van der Waals surface area contributed by atoms with E-state index >= 15 is 0 Å². The van der Waals surface area contributed by atoms with Gasteiger partial charge in [0, 0.05) is 28.4 Å². The zero-order chi connectivity index (χ0) is 26.7. The lowest BCUT2D eigenvalue weighted by Gasteiger charge is -2.42. The molecule has 0 unspecified atom stereocenters. The summed E-state index contributed by atoms with van der Waals surface area (Å²) in [5.74, 6) is 2.72. The molecule has 0 amide bonds. The molecule has 0 radical (unpaired) electrons. The Bertz CT molecular complexity index is 1220. The summed E-state index contributed by atoms with van der Waals surface area (Å²) in [4.78, 5) is 5.64. The summed E-state index contributed by atoms with van der Waals surface area (Å²) in [6.45, 7) is 12.2. The van der Waals surface area contributed by atoms with Crippen LogP contribution in [0.1, 0.15) is 83.3 Å². The van der Waals surface area contributed by atoms with Crippen molar-refractivity contribution in [3.8, 4) is 0 Å². The van der Waals surface area contributed by atoms with E-state index < -0.39 is 7.92 Å². The minimum absolute atomic E-state index is 0.0622. The quantitative estimate of drug-likeness (QED) is 0.269. The predicted octanol–water partition coefficient (Wildman–Crippen LogP) is 9.34. The minimum atomic E-state index is -0.694. The molecule has 1 fully saturated rings. The minimum Gasteiger partial charge on any atom is -0.257 e. The molecule has 38 heavy (non-hydrogen) atoms. The van der Waals surface area contributed by atoms with Crippen LogP contribution in [0.5, 0.6) is 0 Å². The van der Waals surface area contributed by atoms with E-state index in [1.165, 1.54) is 46.8 Å². The molecule has 1 saturated carbocycles. The summed E-state index contributed by atoms with van der Waals surface area (Å²) in [5, 5.41) is 2.85. The first-order valence-corrected chi connectivity index (χ1v) is 16.0. The lowest BCUT2D eigenvalue weighted by Crippen LogP contribution is -2.31. The van der Waals surface area contributed by atoms with Gasteiger partial charge < -0.3 is 0 Å². The normalized spacial score (nSPS) is 22.6. The lowest BCUT2D eigenvalue weighted by atomic mass is 9.69. The van der Waals surface area contributed by atoms with Gasteiger partial charge in [0.1, 0.15) is 0 Å². The Kier molecular flexibility index (Phi) is 8.35. The summed E-state index contributed by atoms with van der Waals surface area (Å²) in [5.41, 5.74) is 4.22. The third kappa shape index (κ3) is 5.60. The van der Waals surface area contributed by atoms with Crippen molar-refractivity contribution in [3.05, 3.63) is 114 Å². The fourth-order valence-corrected chi connectivity index (χ4v) is 10.00. The monoisotopic (exact) mass is 521 g/mol. The van der Waals surface area contributed by atoms with E-state index in [2.05, 4.69) is 132 Å². The van der Waals surface area contributed by atoms with E-state index in [1.54, 1.807) is 0 Å². The van der Waals surface area contributed by atoms with Crippen molar-refractivity contribution < 1.29 is 0 Å². The maximum Gasteiger partial charge on any atom is 0.0495 e. The average Bonchev–Trinajstić information content (AvgIpc) is 3.49. The van der Waals surface area contributed by atoms with Crippen LogP contribution in [0.25, 0.3) is 0 Å². The molecular formula is C36H44NP. The summed E-state index contributed by atoms with van der Waals surface area (Å²) in [7, 11) is -0.694. The molecule has 0 N–H and O–H groups in total. The second-order valence-corrected chi connectivity index (χ2v) is 14.7. The molecule has 1 nitrogen and oxygen atoms in total. The first-order chi connectivity index (χ1) is 18.4. The molecular weight excluding hydrogens is 477 g/mol. The van der Waals surface area contributed by atoms with Gasteiger partial charge in [-0.05, 0) is 73.3 Å². The molecule has 2 aliphatic carbocycles. The first-order valence-electron chi connectivity index (χ1n) is 14.6. The topological polar surface area (TPSA) is 12.9 Å². The summed E-state index contributed by atoms with van der Waals surface area (Å²) < 4.78 is 0. The highest BCUT2D eigenvalue weighted by atomic mass is 31.1. The van der Waals surface area contributed by atoms with E-state index in [9.17, 15) is 0 Å². The van der Waals surface area contributed by atoms with Crippen molar-refractivity contribution in [2.24, 2.45) is 23.2 Å². The third-order valence-electron chi connectivity index (χ3n) is 9.00. The number of nitrogens with zero attached hydrogens (tertiary/aromatic N) is 1. The van der Waals surface area contributed by atoms with Gasteiger partial charge in [-0.1, -0.05) is 126 Å². The van der Waals surface area contributed by atoms with Gasteiger partial charge in [-0.15, -0.1) is 0 Å². The van der Waals surface area contributed by atoms with Gasteiger partial charge >= 0.3 is 0 Å². The maximum absolute atomic E-state index is 5.64. The van der Waals surface area contributed by atoms with E-state index in [0.29, 0.717) is 17.8 Å². The molecule has 0 spiro atoms. The van der Waals surface area contributed by atoms with Gasteiger partial charge in [-0.25, -0.2) is 0 Å². The van der Waals surface area contributed by atoms with E-state index in [1.807, 2.05) is 0 Å². The molecule has 0 bridgehead atoms. The zero-order valence-electron chi connectivity index (χ0n) is 23.8. The van der Waals surface area contributed by atoms with Crippen LogP contribution in [-0.2, 0) is 0 Å². The fourth-order valence-electron chi connectivity index (χ4n) is 6.91. The van der Waals surface area contributed by atoms with Gasteiger partial charge in [-0.2, -0.15) is 0 Å². The van der Waals surface area contributed by atoms with Crippen molar-refractivity contribution in [1.29, 1.82) is 0 Å². The summed E-state index contributed by atoms with van der Waals surface area (Å²) in [6.07, 6.45) is 12.1. The first kappa shape index (κ1) is 27.1. The Morgan fingerprint density at radius 2 is 1.50 bits per heavy atom. The van der Waals surface area contributed by atoms with E-state index in [4.69, 9.17) is 4.98 Å². The Hall–Kier alpha value is -2.50. The van der Waals surface area contributed by atoms with Crippen LogP contribution in [-0.4, -0.2) is 4.98 Å². The number of allylic oxidation sites excluding steroid dienone is 4. The van der Waals surface area contributed by atoms with Crippen molar-refractivity contribution in [2.75, 3.05) is 0 Å². The Balaban J connectivity index is 1.67. The fraction of sp³-hybridized carbons (Fsp3) is 0.417. The number of rotatable bonds is 8. The van der Waals surface area contributed by atoms with Crippen LogP contribution >= 0.6 is 7.92 Å². The van der Waals surface area contributed by atoms with Crippen molar-refractivity contribution >= 4 is 18.5 Å². The van der Waals surface area contributed by atoms with Crippen LogP contribution in [0.4, 0.5) is 0 Å². The van der Waals surface area contributed by atoms with Gasteiger partial charge in [0.2, 0.25) is 0 Å². The molecule has 3 aromatic rings. The molecule has 4 atom stereocenters. The second-order valence-electron chi connectivity index (χ2n) is 12.4. The Morgan fingerprint density at radius 1 is 0.842 bits per heavy atom. The van der Waals surface area contributed by atoms with E-state index in [0.717, 1.165) is 12.3 Å². The molecule has 2 heteroatoms. The van der Waals surface area contributed by atoms with Gasteiger partial charge in [0.25, 0.3) is 0 Å². The summed E-state index contributed by atoms with van der Waals surface area (Å²) >= 11 is 0. The highest BCUT2D eigenvalue weighted by Gasteiger charge is 2.42. The molecule has 1 heterocycles. The average molecular weight is 522 g/mol. The second kappa shape index (κ2) is 11.7. The van der Waals surface area contributed by atoms with Crippen LogP contribution < -0.4 is 10.6 Å². The SMILES string of the molecule is CC(C)[C@@H]1CC[C@@H](C)C[C@H]1c1cccc([C@@H](P(c2ccccc2)c2ccccc2)C(C)(C)C2=CCC=C2)n1. The number of hydrogen-bond acceptors (Lipinski definition) is 1. The van der Waals surface area contributed by atoms with Crippen molar-refractivity contribution in [3.63, 3.8) is 0 Å². The molecule has 2 aromatic carbocycles. The molecule has 5 rings (SSSR count). The van der Waals surface area contributed by atoms with Crippen LogP contribution in [0, 0.1) is 23.2 Å². The number of pyridine rings is 1. The number of benzene rings is 2. The molecule has 1 aromatic heterocycles. The van der Waals surface area contributed by atoms with Gasteiger partial charge in [0.15, 0.2) is 0 Å². The van der Waals surface area contributed by atoms with Crippen molar-refractivity contribution in [2.45, 2.75) is 71.9 Å². The summed E-state index contributed by atoms with van der Waals surface area (Å²) in [6, 6.07) is 29.4. The number of aromatic nitrogens is 1. The largest absolute Gasteiger partial charge is 0.257 e. The predicted molar refractivity (Wildman–Crippen MR) is 166 cm³/mol. The molecule has 2 aliphatic rings. The van der Waals surface area contributed by atoms with Crippen molar-refractivity contribution in [1.82, 2.24) is 4.98 Å². The maximum atomic E-state index is 5.64. The lowest BCUT2D eigenvalue weighted by molar-refractivity contribution is 0.194. The molecule has 0 aliphatic heterocycles. The standard InChI is InChI=1S/C36H44NP/c1-26(2)31-24-23-27(3)25-32(31)33-21-14-22-34(37-33)35(36(4,5)28-15-12-13-16-28)38(29-17-8-6-9-18-29)30-19-10-7-11-20-30/h6-12,14-22,26-27,31-32,35H,13,23-25H2,1-5H3/t27-,31+,32-,35-/m1/s1.